The lowest BCUT2D eigenvalue weighted by Crippen LogP contribution is -3.00. The molecule has 0 spiro atoms. The van der Waals surface area contributed by atoms with Crippen LogP contribution in [0.4, 0.5) is 0 Å². The van der Waals surface area contributed by atoms with E-state index in [0.29, 0.717) is 0 Å². The number of hydrogen-bond acceptors (Lipinski definition) is 0. The second kappa shape index (κ2) is 14.6. The molecule has 1 nitrogen and oxygen atoms in total. The van der Waals surface area contributed by atoms with Crippen molar-refractivity contribution in [2.75, 3.05) is 25.6 Å². The highest BCUT2D eigenvalue weighted by Gasteiger charge is 2.18. The summed E-state index contributed by atoms with van der Waals surface area (Å²) in [6, 6.07) is 0. The van der Waals surface area contributed by atoms with Crippen molar-refractivity contribution < 1.29 is 28.5 Å². The van der Waals surface area contributed by atoms with Gasteiger partial charge in [-0.2, -0.15) is 0 Å². The maximum Gasteiger partial charge on any atom is 0.134 e. The standard InChI is InChI=1S/C15H33BrN.HI/c1-4-6-8-10-12-14-17(3,15-16)13-11-9-7-5-2;/h4-15H2,1-3H3;1H/q+1;/p-1. The van der Waals surface area contributed by atoms with Crippen LogP contribution in [0.3, 0.4) is 0 Å². The monoisotopic (exact) mass is 433 g/mol. The van der Waals surface area contributed by atoms with Crippen LogP contribution in [-0.2, 0) is 0 Å². The van der Waals surface area contributed by atoms with Gasteiger partial charge in [0.15, 0.2) is 0 Å². The largest absolute Gasteiger partial charge is 1.00 e. The van der Waals surface area contributed by atoms with Crippen molar-refractivity contribution >= 4 is 15.9 Å². The average Bonchev–Trinajstić information content (AvgIpc) is 2.34. The van der Waals surface area contributed by atoms with Gasteiger partial charge in [0.2, 0.25) is 0 Å². The van der Waals surface area contributed by atoms with Crippen molar-refractivity contribution in [3.63, 3.8) is 0 Å². The van der Waals surface area contributed by atoms with Gasteiger partial charge in [-0.05, 0) is 41.6 Å². The summed E-state index contributed by atoms with van der Waals surface area (Å²) < 4.78 is 1.22. The summed E-state index contributed by atoms with van der Waals surface area (Å²) in [4.78, 5) is 0. The van der Waals surface area contributed by atoms with Crippen LogP contribution in [0.1, 0.15) is 71.6 Å². The van der Waals surface area contributed by atoms with Crippen LogP contribution >= 0.6 is 15.9 Å². The van der Waals surface area contributed by atoms with E-state index >= 15 is 0 Å². The zero-order chi connectivity index (χ0) is 13.0. The van der Waals surface area contributed by atoms with Crippen LogP contribution in [0, 0.1) is 0 Å². The first-order valence-corrected chi connectivity index (χ1v) is 8.70. The molecule has 0 N–H and O–H groups in total. The molecule has 1 atom stereocenters. The fourth-order valence-corrected chi connectivity index (χ4v) is 2.75. The Morgan fingerprint density at radius 1 is 0.722 bits per heavy atom. The Morgan fingerprint density at radius 2 is 1.11 bits per heavy atom. The van der Waals surface area contributed by atoms with Gasteiger partial charge < -0.3 is 28.5 Å². The smallest absolute Gasteiger partial charge is 0.134 e. The zero-order valence-corrected chi connectivity index (χ0v) is 16.4. The van der Waals surface area contributed by atoms with Crippen LogP contribution in [0.15, 0.2) is 0 Å². The van der Waals surface area contributed by atoms with E-state index < -0.39 is 0 Å². The van der Waals surface area contributed by atoms with Crippen molar-refractivity contribution in [2.45, 2.75) is 71.6 Å². The Hall–Kier alpha value is 1.17. The maximum atomic E-state index is 3.70. The van der Waals surface area contributed by atoms with Gasteiger partial charge in [0.25, 0.3) is 0 Å². The third-order valence-electron chi connectivity index (χ3n) is 3.64. The van der Waals surface area contributed by atoms with Gasteiger partial charge in [-0.25, -0.2) is 0 Å². The summed E-state index contributed by atoms with van der Waals surface area (Å²) in [5.41, 5.74) is 1.12. The highest BCUT2D eigenvalue weighted by atomic mass is 127. The number of rotatable bonds is 12. The molecule has 112 valence electrons. The van der Waals surface area contributed by atoms with Gasteiger partial charge in [-0.1, -0.05) is 46.0 Å². The number of halogens is 2. The summed E-state index contributed by atoms with van der Waals surface area (Å²) in [6.45, 7) is 7.26. The van der Waals surface area contributed by atoms with Gasteiger partial charge in [0.1, 0.15) is 5.45 Å². The highest BCUT2D eigenvalue weighted by Crippen LogP contribution is 2.13. The Bertz CT molecular complexity index is 167. The summed E-state index contributed by atoms with van der Waals surface area (Å²) in [5, 5.41) is 0. The molecular formula is C15H33BrIN. The lowest BCUT2D eigenvalue weighted by molar-refractivity contribution is -0.896. The minimum absolute atomic E-state index is 0. The summed E-state index contributed by atoms with van der Waals surface area (Å²) >= 11 is 3.70. The predicted molar refractivity (Wildman–Crippen MR) is 82.6 cm³/mol. The van der Waals surface area contributed by atoms with Crippen LogP contribution < -0.4 is 24.0 Å². The summed E-state index contributed by atoms with van der Waals surface area (Å²) in [7, 11) is 2.40. The Labute approximate surface area is 141 Å². The van der Waals surface area contributed by atoms with Crippen molar-refractivity contribution in [3.8, 4) is 0 Å². The van der Waals surface area contributed by atoms with Gasteiger partial charge >= 0.3 is 0 Å². The molecule has 18 heavy (non-hydrogen) atoms. The molecule has 0 heterocycles. The molecule has 0 aromatic carbocycles. The number of unbranched alkanes of at least 4 members (excludes halogenated alkanes) is 7. The zero-order valence-electron chi connectivity index (χ0n) is 12.7. The Balaban J connectivity index is 0. The van der Waals surface area contributed by atoms with E-state index in [1.807, 2.05) is 0 Å². The molecule has 3 heteroatoms. The normalized spacial score (nSPS) is 14.0. The maximum absolute atomic E-state index is 3.70. The molecule has 1 unspecified atom stereocenters. The summed E-state index contributed by atoms with van der Waals surface area (Å²) in [6.07, 6.45) is 12.6. The second-order valence-electron chi connectivity index (χ2n) is 5.66. The molecular weight excluding hydrogens is 401 g/mol. The van der Waals surface area contributed by atoms with Gasteiger partial charge in [0.05, 0.1) is 20.1 Å². The SMILES string of the molecule is CCCCCCC[N+](C)(CBr)CCCCCC.[I-]. The van der Waals surface area contributed by atoms with Crippen LogP contribution in [0.5, 0.6) is 0 Å². The van der Waals surface area contributed by atoms with Crippen molar-refractivity contribution in [3.05, 3.63) is 0 Å². The van der Waals surface area contributed by atoms with E-state index in [0.717, 1.165) is 5.45 Å². The number of alkyl halides is 1. The van der Waals surface area contributed by atoms with Crippen molar-refractivity contribution in [1.82, 2.24) is 0 Å². The van der Waals surface area contributed by atoms with E-state index in [4.69, 9.17) is 0 Å². The molecule has 0 aromatic heterocycles. The fraction of sp³-hybridized carbons (Fsp3) is 1.00. The third-order valence-corrected chi connectivity index (χ3v) is 4.85. The second-order valence-corrected chi connectivity index (χ2v) is 6.16. The molecule has 0 aromatic rings. The van der Waals surface area contributed by atoms with E-state index in [-0.39, 0.29) is 24.0 Å². The minimum Gasteiger partial charge on any atom is -1.00 e. The first-order valence-electron chi connectivity index (χ1n) is 7.58. The van der Waals surface area contributed by atoms with Crippen LogP contribution in [-0.4, -0.2) is 30.1 Å². The van der Waals surface area contributed by atoms with E-state index in [9.17, 15) is 0 Å². The van der Waals surface area contributed by atoms with E-state index in [1.165, 1.54) is 75.4 Å². The number of nitrogens with zero attached hydrogens (tertiary/aromatic N) is 1. The topological polar surface area (TPSA) is 0 Å². The predicted octanol–water partition coefficient (Wildman–Crippen LogP) is 2.34. The van der Waals surface area contributed by atoms with Crippen LogP contribution in [0.2, 0.25) is 0 Å². The Kier molecular flexibility index (Phi) is 17.4. The number of quaternary nitrogens is 1. The molecule has 0 saturated carbocycles. The first-order chi connectivity index (χ1) is 8.18. The molecule has 0 fully saturated rings. The lowest BCUT2D eigenvalue weighted by Gasteiger charge is -2.32. The van der Waals surface area contributed by atoms with Crippen molar-refractivity contribution in [2.24, 2.45) is 0 Å². The van der Waals surface area contributed by atoms with Gasteiger partial charge in [0, 0.05) is 0 Å². The van der Waals surface area contributed by atoms with Crippen LogP contribution in [0.25, 0.3) is 0 Å². The molecule has 0 amide bonds. The summed E-state index contributed by atoms with van der Waals surface area (Å²) in [5.74, 6) is 0. The molecule has 0 aliphatic carbocycles. The molecule has 0 rings (SSSR count). The number of hydrogen-bond donors (Lipinski definition) is 0. The molecule has 0 radical (unpaired) electrons. The van der Waals surface area contributed by atoms with E-state index in [1.54, 1.807) is 0 Å². The molecule has 0 saturated heterocycles. The highest BCUT2D eigenvalue weighted by molar-refractivity contribution is 9.09. The lowest BCUT2D eigenvalue weighted by atomic mass is 10.1. The molecule has 0 bridgehead atoms. The minimum atomic E-state index is 0. The average molecular weight is 434 g/mol. The molecule has 0 aliphatic heterocycles. The molecule has 0 aliphatic rings. The fourth-order valence-electron chi connectivity index (χ4n) is 2.25. The van der Waals surface area contributed by atoms with Gasteiger partial charge in [-0.3, -0.25) is 0 Å². The first kappa shape index (κ1) is 21.5. The third kappa shape index (κ3) is 12.2. The Morgan fingerprint density at radius 3 is 1.50 bits per heavy atom. The van der Waals surface area contributed by atoms with Gasteiger partial charge in [-0.15, -0.1) is 0 Å². The quantitative estimate of drug-likeness (QED) is 0.146. The van der Waals surface area contributed by atoms with Crippen molar-refractivity contribution in [1.29, 1.82) is 0 Å². The van der Waals surface area contributed by atoms with E-state index in [2.05, 4.69) is 36.8 Å².